The van der Waals surface area contributed by atoms with E-state index in [9.17, 15) is 9.59 Å². The van der Waals surface area contributed by atoms with Crippen LogP contribution in [0.15, 0.2) is 48.5 Å². The van der Waals surface area contributed by atoms with Crippen LogP contribution in [0.3, 0.4) is 0 Å². The van der Waals surface area contributed by atoms with Gasteiger partial charge in [-0.15, -0.1) is 0 Å². The molecule has 26 heavy (non-hydrogen) atoms. The normalized spacial score (nSPS) is 14.7. The van der Waals surface area contributed by atoms with Gasteiger partial charge in [0.25, 0.3) is 5.91 Å². The minimum Gasteiger partial charge on any atom is -0.324 e. The molecule has 0 atom stereocenters. The van der Waals surface area contributed by atoms with Gasteiger partial charge in [-0.25, -0.2) is 0 Å². The number of carbonyl (C=O) groups is 2. The first-order valence-electron chi connectivity index (χ1n) is 8.80. The monoisotopic (exact) mass is 371 g/mol. The second-order valence-electron chi connectivity index (χ2n) is 6.39. The highest BCUT2D eigenvalue weighted by atomic mass is 35.5. The van der Waals surface area contributed by atoms with Gasteiger partial charge in [-0.1, -0.05) is 30.2 Å². The van der Waals surface area contributed by atoms with Crippen molar-refractivity contribution in [2.45, 2.75) is 19.3 Å². The third-order valence-corrected chi connectivity index (χ3v) is 4.62. The van der Waals surface area contributed by atoms with Crippen LogP contribution in [-0.4, -0.2) is 36.3 Å². The first kappa shape index (κ1) is 18.4. The van der Waals surface area contributed by atoms with Crippen LogP contribution in [0, 0.1) is 0 Å². The van der Waals surface area contributed by atoms with Crippen molar-refractivity contribution in [1.29, 1.82) is 0 Å². The van der Waals surface area contributed by atoms with Gasteiger partial charge in [0.05, 0.1) is 17.8 Å². The Kier molecular flexibility index (Phi) is 6.26. The van der Waals surface area contributed by atoms with Crippen LogP contribution in [0.2, 0.25) is 5.02 Å². The van der Waals surface area contributed by atoms with Crippen molar-refractivity contribution in [3.8, 4) is 0 Å². The zero-order chi connectivity index (χ0) is 18.4. The molecule has 2 aromatic carbocycles. The summed E-state index contributed by atoms with van der Waals surface area (Å²) >= 11 is 5.86. The molecule has 2 aromatic rings. The fourth-order valence-electron chi connectivity index (χ4n) is 3.03. The van der Waals surface area contributed by atoms with Crippen molar-refractivity contribution in [3.63, 3.8) is 0 Å². The smallest absolute Gasteiger partial charge is 0.257 e. The molecule has 1 aliphatic rings. The lowest BCUT2D eigenvalue weighted by Crippen LogP contribution is -2.37. The Balaban J connectivity index is 1.65. The Bertz CT molecular complexity index is 771. The maximum atomic E-state index is 12.6. The van der Waals surface area contributed by atoms with Gasteiger partial charge < -0.3 is 10.6 Å². The summed E-state index contributed by atoms with van der Waals surface area (Å²) in [5.74, 6) is -0.375. The molecular weight excluding hydrogens is 350 g/mol. The van der Waals surface area contributed by atoms with Crippen LogP contribution in [0.4, 0.5) is 11.4 Å². The lowest BCUT2D eigenvalue weighted by atomic mass is 10.1. The molecule has 1 fully saturated rings. The summed E-state index contributed by atoms with van der Waals surface area (Å²) < 4.78 is 0. The van der Waals surface area contributed by atoms with Crippen molar-refractivity contribution in [2.24, 2.45) is 0 Å². The number of hydrogen-bond acceptors (Lipinski definition) is 3. The van der Waals surface area contributed by atoms with Gasteiger partial charge in [0.15, 0.2) is 0 Å². The molecule has 1 saturated heterocycles. The third-order valence-electron chi connectivity index (χ3n) is 4.36. The maximum absolute atomic E-state index is 12.6. The molecule has 2 amide bonds. The predicted octanol–water partition coefficient (Wildman–Crippen LogP) is 4.02. The van der Waals surface area contributed by atoms with E-state index in [0.717, 1.165) is 25.9 Å². The van der Waals surface area contributed by atoms with Gasteiger partial charge in [0.1, 0.15) is 0 Å². The molecule has 0 radical (unpaired) electrons. The van der Waals surface area contributed by atoms with Crippen molar-refractivity contribution < 1.29 is 9.59 Å². The van der Waals surface area contributed by atoms with Crippen LogP contribution in [0.25, 0.3) is 0 Å². The van der Waals surface area contributed by atoms with Crippen LogP contribution < -0.4 is 10.6 Å². The Morgan fingerprint density at radius 1 is 0.923 bits per heavy atom. The lowest BCUT2D eigenvalue weighted by Gasteiger charge is -2.25. The Labute approximate surface area is 158 Å². The van der Waals surface area contributed by atoms with E-state index >= 15 is 0 Å². The number of carbonyl (C=O) groups excluding carboxylic acids is 2. The summed E-state index contributed by atoms with van der Waals surface area (Å²) in [4.78, 5) is 27.1. The average Bonchev–Trinajstić information content (AvgIpc) is 2.65. The Morgan fingerprint density at radius 2 is 1.62 bits per heavy atom. The van der Waals surface area contributed by atoms with Crippen molar-refractivity contribution in [1.82, 2.24) is 4.90 Å². The van der Waals surface area contributed by atoms with E-state index in [1.807, 2.05) is 0 Å². The number of halogens is 1. The number of para-hydroxylation sites is 1. The molecule has 0 unspecified atom stereocenters. The van der Waals surface area contributed by atoms with E-state index in [4.69, 9.17) is 11.6 Å². The molecule has 2 N–H and O–H groups in total. The summed E-state index contributed by atoms with van der Waals surface area (Å²) in [6, 6.07) is 13.9. The molecule has 136 valence electrons. The van der Waals surface area contributed by atoms with Crippen LogP contribution in [0.5, 0.6) is 0 Å². The first-order chi connectivity index (χ1) is 12.6. The van der Waals surface area contributed by atoms with Gasteiger partial charge in [0, 0.05) is 10.7 Å². The molecular formula is C20H22ClN3O2. The highest BCUT2D eigenvalue weighted by molar-refractivity contribution is 6.30. The second-order valence-corrected chi connectivity index (χ2v) is 6.83. The summed E-state index contributed by atoms with van der Waals surface area (Å²) in [7, 11) is 0. The van der Waals surface area contributed by atoms with E-state index in [2.05, 4.69) is 15.5 Å². The van der Waals surface area contributed by atoms with Gasteiger partial charge in [-0.3, -0.25) is 14.5 Å². The minimum absolute atomic E-state index is 0.0985. The van der Waals surface area contributed by atoms with E-state index in [1.165, 1.54) is 6.42 Å². The SMILES string of the molecule is O=C(CN1CCCCC1)Nc1ccccc1C(=O)Nc1ccc(Cl)cc1. The fourth-order valence-corrected chi connectivity index (χ4v) is 3.16. The molecule has 0 spiro atoms. The van der Waals surface area contributed by atoms with Crippen molar-refractivity contribution in [3.05, 3.63) is 59.1 Å². The summed E-state index contributed by atoms with van der Waals surface area (Å²) in [5.41, 5.74) is 1.59. The van der Waals surface area contributed by atoms with Gasteiger partial charge in [-0.05, 0) is 62.3 Å². The van der Waals surface area contributed by atoms with E-state index in [1.54, 1.807) is 48.5 Å². The quantitative estimate of drug-likeness (QED) is 0.834. The van der Waals surface area contributed by atoms with Gasteiger partial charge in [-0.2, -0.15) is 0 Å². The summed E-state index contributed by atoms with van der Waals surface area (Å²) in [6.45, 7) is 2.26. The van der Waals surface area contributed by atoms with E-state index < -0.39 is 0 Å². The number of nitrogens with one attached hydrogen (secondary N) is 2. The third kappa shape index (κ3) is 5.07. The second kappa shape index (κ2) is 8.83. The number of rotatable bonds is 5. The molecule has 6 heteroatoms. The molecule has 0 bridgehead atoms. The predicted molar refractivity (Wildman–Crippen MR) is 105 cm³/mol. The summed E-state index contributed by atoms with van der Waals surface area (Å²) in [6.07, 6.45) is 3.49. The number of piperidine rings is 1. The van der Waals surface area contributed by atoms with Crippen molar-refractivity contribution >= 4 is 34.8 Å². The molecule has 0 aliphatic carbocycles. The van der Waals surface area contributed by atoms with Crippen LogP contribution in [-0.2, 0) is 4.79 Å². The minimum atomic E-state index is -0.277. The highest BCUT2D eigenvalue weighted by Crippen LogP contribution is 2.19. The highest BCUT2D eigenvalue weighted by Gasteiger charge is 2.17. The standard InChI is InChI=1S/C20H22ClN3O2/c21-15-8-10-16(11-9-15)22-20(26)17-6-2-3-7-18(17)23-19(25)14-24-12-4-1-5-13-24/h2-3,6-11H,1,4-5,12-14H2,(H,22,26)(H,23,25). The Morgan fingerprint density at radius 3 is 2.35 bits per heavy atom. The number of amides is 2. The topological polar surface area (TPSA) is 61.4 Å². The van der Waals surface area contributed by atoms with E-state index in [0.29, 0.717) is 28.5 Å². The first-order valence-corrected chi connectivity index (χ1v) is 9.18. The molecule has 1 heterocycles. The maximum Gasteiger partial charge on any atom is 0.257 e. The van der Waals surface area contributed by atoms with E-state index in [-0.39, 0.29) is 11.8 Å². The van der Waals surface area contributed by atoms with Crippen LogP contribution >= 0.6 is 11.6 Å². The number of benzene rings is 2. The molecule has 0 saturated carbocycles. The number of likely N-dealkylation sites (tertiary alicyclic amines) is 1. The van der Waals surface area contributed by atoms with Crippen molar-refractivity contribution in [2.75, 3.05) is 30.3 Å². The Hall–Kier alpha value is -2.37. The number of nitrogens with zero attached hydrogens (tertiary/aromatic N) is 1. The zero-order valence-corrected chi connectivity index (χ0v) is 15.3. The molecule has 0 aromatic heterocycles. The lowest BCUT2D eigenvalue weighted by molar-refractivity contribution is -0.117. The van der Waals surface area contributed by atoms with Gasteiger partial charge >= 0.3 is 0 Å². The van der Waals surface area contributed by atoms with Crippen LogP contribution in [0.1, 0.15) is 29.6 Å². The molecule has 1 aliphatic heterocycles. The summed E-state index contributed by atoms with van der Waals surface area (Å²) in [5, 5.41) is 6.30. The zero-order valence-electron chi connectivity index (χ0n) is 14.5. The molecule has 3 rings (SSSR count). The number of anilines is 2. The molecule has 5 nitrogen and oxygen atoms in total. The van der Waals surface area contributed by atoms with Gasteiger partial charge in [0.2, 0.25) is 5.91 Å². The number of hydrogen-bond donors (Lipinski definition) is 2. The largest absolute Gasteiger partial charge is 0.324 e. The average molecular weight is 372 g/mol. The fraction of sp³-hybridized carbons (Fsp3) is 0.300.